The van der Waals surface area contributed by atoms with Gasteiger partial charge in [-0.3, -0.25) is 0 Å². The minimum atomic E-state index is 0.0979. The van der Waals surface area contributed by atoms with Crippen molar-refractivity contribution >= 4 is 15.9 Å². The summed E-state index contributed by atoms with van der Waals surface area (Å²) in [4.78, 5) is 0. The van der Waals surface area contributed by atoms with E-state index >= 15 is 0 Å². The van der Waals surface area contributed by atoms with Crippen molar-refractivity contribution in [3.63, 3.8) is 0 Å². The zero-order chi connectivity index (χ0) is 15.5. The normalized spacial score (nSPS) is 11.7. The lowest BCUT2D eigenvalue weighted by Crippen LogP contribution is -2.34. The molecule has 1 aromatic carbocycles. The van der Waals surface area contributed by atoms with Gasteiger partial charge in [0.05, 0.1) is 10.7 Å². The molecule has 1 N–H and O–H groups in total. The van der Waals surface area contributed by atoms with Crippen molar-refractivity contribution in [2.24, 2.45) is 0 Å². The fourth-order valence-corrected chi connectivity index (χ4v) is 2.44. The van der Waals surface area contributed by atoms with Crippen LogP contribution in [-0.4, -0.2) is 5.54 Å². The van der Waals surface area contributed by atoms with Crippen LogP contribution < -0.4 is 10.1 Å². The van der Waals surface area contributed by atoms with Crippen molar-refractivity contribution in [2.45, 2.75) is 46.4 Å². The minimum Gasteiger partial charge on any atom is -0.484 e. The van der Waals surface area contributed by atoms with Crippen LogP contribution in [0.1, 0.15) is 37.7 Å². The van der Waals surface area contributed by atoms with Crippen LogP contribution in [-0.2, 0) is 13.2 Å². The number of ether oxygens (including phenoxy) is 1. The fraction of sp³-hybridized carbons (Fsp3) is 0.412. The predicted molar refractivity (Wildman–Crippen MR) is 88.5 cm³/mol. The third-order valence-electron chi connectivity index (χ3n) is 2.99. The fourth-order valence-electron chi connectivity index (χ4n) is 1.83. The lowest BCUT2D eigenvalue weighted by atomic mass is 10.1. The van der Waals surface area contributed by atoms with Crippen LogP contribution in [0.4, 0.5) is 0 Å². The van der Waals surface area contributed by atoms with E-state index in [1.807, 2.05) is 24.3 Å². The van der Waals surface area contributed by atoms with Crippen molar-refractivity contribution in [3.8, 4) is 5.75 Å². The molecule has 0 atom stereocenters. The number of rotatable bonds is 5. The Hall–Kier alpha value is -1.26. The van der Waals surface area contributed by atoms with Gasteiger partial charge in [-0.05, 0) is 67.4 Å². The van der Waals surface area contributed by atoms with Crippen molar-refractivity contribution in [1.29, 1.82) is 0 Å². The molecule has 3 nitrogen and oxygen atoms in total. The summed E-state index contributed by atoms with van der Waals surface area (Å²) in [6, 6.07) is 8.06. The van der Waals surface area contributed by atoms with Gasteiger partial charge in [0.1, 0.15) is 18.1 Å². The van der Waals surface area contributed by atoms with Crippen LogP contribution in [0.25, 0.3) is 0 Å². The third kappa shape index (κ3) is 5.21. The second-order valence-corrected chi connectivity index (χ2v) is 7.10. The molecule has 2 aromatic rings. The van der Waals surface area contributed by atoms with E-state index in [0.29, 0.717) is 6.61 Å². The van der Waals surface area contributed by atoms with Crippen molar-refractivity contribution in [1.82, 2.24) is 5.32 Å². The van der Waals surface area contributed by atoms with Crippen LogP contribution in [0.15, 0.2) is 39.4 Å². The van der Waals surface area contributed by atoms with Gasteiger partial charge in [0, 0.05) is 17.6 Å². The molecule has 0 amide bonds. The zero-order valence-corrected chi connectivity index (χ0v) is 14.6. The Morgan fingerprint density at radius 3 is 2.67 bits per heavy atom. The van der Waals surface area contributed by atoms with E-state index in [1.54, 1.807) is 6.26 Å². The van der Waals surface area contributed by atoms with Crippen LogP contribution in [0.2, 0.25) is 0 Å². The third-order valence-corrected chi connectivity index (χ3v) is 3.61. The highest BCUT2D eigenvalue weighted by molar-refractivity contribution is 9.10. The Morgan fingerprint density at radius 2 is 2.00 bits per heavy atom. The first-order chi connectivity index (χ1) is 9.83. The highest BCUT2D eigenvalue weighted by Gasteiger charge is 2.10. The first-order valence-corrected chi connectivity index (χ1v) is 7.83. The molecule has 21 heavy (non-hydrogen) atoms. The minimum absolute atomic E-state index is 0.0979. The first kappa shape index (κ1) is 16.1. The molecule has 0 bridgehead atoms. The molecule has 0 aliphatic rings. The second kappa shape index (κ2) is 6.67. The van der Waals surface area contributed by atoms with E-state index in [1.165, 1.54) is 5.56 Å². The van der Waals surface area contributed by atoms with Gasteiger partial charge in [-0.15, -0.1) is 0 Å². The second-order valence-electron chi connectivity index (χ2n) is 6.25. The number of aryl methyl sites for hydroxylation is 1. The van der Waals surface area contributed by atoms with E-state index < -0.39 is 0 Å². The molecule has 0 aliphatic heterocycles. The average Bonchev–Trinajstić information content (AvgIpc) is 2.82. The van der Waals surface area contributed by atoms with Gasteiger partial charge in [0.15, 0.2) is 0 Å². The molecule has 0 aliphatic carbocycles. The van der Waals surface area contributed by atoms with Crippen molar-refractivity contribution in [3.05, 3.63) is 51.9 Å². The summed E-state index contributed by atoms with van der Waals surface area (Å²) in [5.41, 5.74) is 2.43. The summed E-state index contributed by atoms with van der Waals surface area (Å²) in [7, 11) is 0. The Bertz CT molecular complexity index is 599. The topological polar surface area (TPSA) is 34.4 Å². The molecule has 1 aromatic heterocycles. The molecule has 0 saturated carbocycles. The van der Waals surface area contributed by atoms with Gasteiger partial charge in [-0.2, -0.15) is 0 Å². The molecular weight excluding hydrogens is 330 g/mol. The van der Waals surface area contributed by atoms with Gasteiger partial charge in [-0.25, -0.2) is 0 Å². The number of hydrogen-bond acceptors (Lipinski definition) is 3. The Kier molecular flexibility index (Phi) is 5.12. The molecule has 114 valence electrons. The summed E-state index contributed by atoms with van der Waals surface area (Å²) in [6.45, 7) is 9.71. The van der Waals surface area contributed by atoms with Crippen molar-refractivity contribution in [2.75, 3.05) is 0 Å². The smallest absolute Gasteiger partial charge is 0.146 e. The summed E-state index contributed by atoms with van der Waals surface area (Å²) in [6.07, 6.45) is 1.78. The van der Waals surface area contributed by atoms with Gasteiger partial charge in [0.25, 0.3) is 0 Å². The largest absolute Gasteiger partial charge is 0.484 e. The maximum atomic E-state index is 5.78. The van der Waals surface area contributed by atoms with Crippen LogP contribution in [0, 0.1) is 6.92 Å². The predicted octanol–water partition coefficient (Wildman–Crippen LogP) is 4.82. The van der Waals surface area contributed by atoms with Gasteiger partial charge in [-0.1, -0.05) is 6.07 Å². The van der Waals surface area contributed by atoms with Crippen LogP contribution in [0.3, 0.4) is 0 Å². The lowest BCUT2D eigenvalue weighted by Gasteiger charge is -2.19. The molecular formula is C17H22BrNO2. The zero-order valence-electron chi connectivity index (χ0n) is 13.0. The standard InChI is InChI=1S/C17H22BrNO2/c1-12-5-6-16(15(18)7-12)21-11-14-8-13(10-20-14)9-19-17(2,3)4/h5-8,10,19H,9,11H2,1-4H3. The SMILES string of the molecule is Cc1ccc(OCc2cc(CNC(C)(C)C)co2)c(Br)c1. The maximum absolute atomic E-state index is 5.78. The van der Waals surface area contributed by atoms with Crippen molar-refractivity contribution < 1.29 is 9.15 Å². The Labute approximate surface area is 134 Å². The number of nitrogens with one attached hydrogen (secondary N) is 1. The molecule has 0 saturated heterocycles. The van der Waals surface area contributed by atoms with Crippen LogP contribution in [0.5, 0.6) is 5.75 Å². The van der Waals surface area contributed by atoms with Gasteiger partial charge < -0.3 is 14.5 Å². The number of hydrogen-bond donors (Lipinski definition) is 1. The summed E-state index contributed by atoms with van der Waals surface area (Å²) >= 11 is 3.51. The van der Waals surface area contributed by atoms with E-state index in [9.17, 15) is 0 Å². The van der Waals surface area contributed by atoms with E-state index in [2.05, 4.69) is 48.9 Å². The summed E-state index contributed by atoms with van der Waals surface area (Å²) < 4.78 is 12.3. The molecule has 2 rings (SSSR count). The molecule has 1 heterocycles. The average molecular weight is 352 g/mol. The summed E-state index contributed by atoms with van der Waals surface area (Å²) in [5.74, 6) is 1.65. The molecule has 0 unspecified atom stereocenters. The molecule has 0 radical (unpaired) electrons. The number of benzene rings is 1. The molecule has 0 fully saturated rings. The maximum Gasteiger partial charge on any atom is 0.146 e. The van der Waals surface area contributed by atoms with E-state index in [4.69, 9.17) is 9.15 Å². The lowest BCUT2D eigenvalue weighted by molar-refractivity contribution is 0.268. The monoisotopic (exact) mass is 351 g/mol. The highest BCUT2D eigenvalue weighted by Crippen LogP contribution is 2.26. The first-order valence-electron chi connectivity index (χ1n) is 7.04. The number of halogens is 1. The number of furan rings is 1. The summed E-state index contributed by atoms with van der Waals surface area (Å²) in [5, 5.41) is 3.43. The van der Waals surface area contributed by atoms with E-state index in [-0.39, 0.29) is 5.54 Å². The quantitative estimate of drug-likeness (QED) is 0.838. The molecule has 4 heteroatoms. The Balaban J connectivity index is 1.90. The van der Waals surface area contributed by atoms with E-state index in [0.717, 1.165) is 28.1 Å². The van der Waals surface area contributed by atoms with Gasteiger partial charge in [0.2, 0.25) is 0 Å². The van der Waals surface area contributed by atoms with Gasteiger partial charge >= 0.3 is 0 Å². The highest BCUT2D eigenvalue weighted by atomic mass is 79.9. The van der Waals surface area contributed by atoms with Crippen LogP contribution >= 0.6 is 15.9 Å². The molecule has 0 spiro atoms. The Morgan fingerprint density at radius 1 is 1.24 bits per heavy atom.